The molecule has 1 N–H and O–H groups in total. The fourth-order valence-electron chi connectivity index (χ4n) is 4.25. The van der Waals surface area contributed by atoms with Gasteiger partial charge in [-0.3, -0.25) is 9.59 Å². The highest BCUT2D eigenvalue weighted by Crippen LogP contribution is 2.44. The number of benzene rings is 1. The summed E-state index contributed by atoms with van der Waals surface area (Å²) < 4.78 is 0. The molecule has 1 aromatic rings. The molecule has 3 rings (SSSR count). The zero-order valence-electron chi connectivity index (χ0n) is 13.9. The molecule has 2 atom stereocenters. The normalized spacial score (nSPS) is 26.9. The summed E-state index contributed by atoms with van der Waals surface area (Å²) in [6.07, 6.45) is 3.08. The van der Waals surface area contributed by atoms with Crippen molar-refractivity contribution in [3.05, 3.63) is 34.4 Å². The first kappa shape index (κ1) is 15.4. The average molecular weight is 299 g/mol. The Balaban J connectivity index is 2.02. The Kier molecular flexibility index (Phi) is 3.72. The molecule has 118 valence electrons. The van der Waals surface area contributed by atoms with Gasteiger partial charge in [-0.25, -0.2) is 0 Å². The second-order valence-corrected chi connectivity index (χ2v) is 7.55. The largest absolute Gasteiger partial charge is 0.310 e. The number of aryl methyl sites for hydroxylation is 2. The SMILES string of the molecule is Cc1cc(C2CC2)cc(C)c1C1CNC(C)(C)C1C(=O)C=O. The standard InChI is InChI=1S/C19H25NO2/c1-11-7-14(13-5-6-13)8-12(2)17(11)15-9-20-19(3,4)18(15)16(22)10-21/h7-8,10,13,15,18,20H,5-6,9H2,1-4H3. The van der Waals surface area contributed by atoms with Crippen LogP contribution >= 0.6 is 0 Å². The minimum atomic E-state index is -0.337. The van der Waals surface area contributed by atoms with Gasteiger partial charge in [-0.15, -0.1) is 0 Å². The van der Waals surface area contributed by atoms with Crippen LogP contribution in [0.4, 0.5) is 0 Å². The molecule has 3 heteroatoms. The van der Waals surface area contributed by atoms with E-state index in [0.29, 0.717) is 6.29 Å². The van der Waals surface area contributed by atoms with Crippen LogP contribution in [0.15, 0.2) is 12.1 Å². The molecule has 3 nitrogen and oxygen atoms in total. The predicted octanol–water partition coefficient (Wildman–Crippen LogP) is 3.03. The molecule has 1 saturated carbocycles. The number of carbonyl (C=O) groups is 2. The maximum atomic E-state index is 12.2. The van der Waals surface area contributed by atoms with E-state index < -0.39 is 0 Å². The maximum Gasteiger partial charge on any atom is 0.200 e. The van der Waals surface area contributed by atoms with Crippen molar-refractivity contribution in [1.82, 2.24) is 5.32 Å². The summed E-state index contributed by atoms with van der Waals surface area (Å²) >= 11 is 0. The van der Waals surface area contributed by atoms with E-state index in [0.717, 1.165) is 12.5 Å². The second kappa shape index (κ2) is 5.31. The van der Waals surface area contributed by atoms with E-state index >= 15 is 0 Å². The molecule has 0 radical (unpaired) electrons. The molecule has 1 heterocycles. The number of hydrogen-bond donors (Lipinski definition) is 1. The zero-order chi connectivity index (χ0) is 16.1. The molecule has 2 fully saturated rings. The van der Waals surface area contributed by atoms with Crippen molar-refractivity contribution in [3.63, 3.8) is 0 Å². The molecule has 0 bridgehead atoms. The molecule has 0 spiro atoms. The van der Waals surface area contributed by atoms with Crippen LogP contribution in [0.25, 0.3) is 0 Å². The van der Waals surface area contributed by atoms with E-state index in [1.54, 1.807) is 0 Å². The lowest BCUT2D eigenvalue weighted by atomic mass is 9.74. The summed E-state index contributed by atoms with van der Waals surface area (Å²) in [4.78, 5) is 23.3. The van der Waals surface area contributed by atoms with Crippen LogP contribution in [-0.2, 0) is 9.59 Å². The van der Waals surface area contributed by atoms with Gasteiger partial charge in [0.25, 0.3) is 0 Å². The Morgan fingerprint density at radius 2 is 1.82 bits per heavy atom. The van der Waals surface area contributed by atoms with Crippen molar-refractivity contribution in [2.75, 3.05) is 6.54 Å². The van der Waals surface area contributed by atoms with E-state index in [2.05, 4.69) is 31.3 Å². The van der Waals surface area contributed by atoms with E-state index in [4.69, 9.17) is 0 Å². The van der Waals surface area contributed by atoms with Crippen molar-refractivity contribution >= 4 is 12.1 Å². The van der Waals surface area contributed by atoms with Crippen LogP contribution in [0.1, 0.15) is 60.8 Å². The van der Waals surface area contributed by atoms with Crippen molar-refractivity contribution in [1.29, 1.82) is 0 Å². The molecule has 2 aliphatic rings. The first-order valence-electron chi connectivity index (χ1n) is 8.20. The summed E-state index contributed by atoms with van der Waals surface area (Å²) in [7, 11) is 0. The van der Waals surface area contributed by atoms with Gasteiger partial charge in [0.1, 0.15) is 0 Å². The lowest BCUT2D eigenvalue weighted by Gasteiger charge is -2.29. The lowest BCUT2D eigenvalue weighted by molar-refractivity contribution is -0.133. The highest BCUT2D eigenvalue weighted by atomic mass is 16.2. The first-order chi connectivity index (χ1) is 10.3. The molecule has 0 aromatic heterocycles. The third-order valence-corrected chi connectivity index (χ3v) is 5.42. The van der Waals surface area contributed by atoms with Crippen molar-refractivity contribution in [2.24, 2.45) is 5.92 Å². The minimum Gasteiger partial charge on any atom is -0.310 e. The summed E-state index contributed by atoms with van der Waals surface area (Å²) in [6.45, 7) is 9.07. The second-order valence-electron chi connectivity index (χ2n) is 7.55. The molecule has 1 saturated heterocycles. The van der Waals surface area contributed by atoms with Crippen LogP contribution in [0, 0.1) is 19.8 Å². The number of Topliss-reactive ketones (excluding diaryl/α,β-unsaturated/α-hetero) is 1. The van der Waals surface area contributed by atoms with Crippen LogP contribution in [-0.4, -0.2) is 24.2 Å². The molecule has 22 heavy (non-hydrogen) atoms. The molecule has 1 aromatic carbocycles. The van der Waals surface area contributed by atoms with E-state index in [1.165, 1.54) is 35.1 Å². The van der Waals surface area contributed by atoms with Gasteiger partial charge in [0.15, 0.2) is 6.29 Å². The third-order valence-electron chi connectivity index (χ3n) is 5.42. The molecule has 2 unspecified atom stereocenters. The molecular formula is C19H25NO2. The Bertz CT molecular complexity index is 605. The quantitative estimate of drug-likeness (QED) is 0.686. The van der Waals surface area contributed by atoms with Crippen molar-refractivity contribution in [2.45, 2.75) is 57.9 Å². The van der Waals surface area contributed by atoms with E-state index in [1.807, 2.05) is 13.8 Å². The Morgan fingerprint density at radius 1 is 1.23 bits per heavy atom. The fraction of sp³-hybridized carbons (Fsp3) is 0.579. The van der Waals surface area contributed by atoms with E-state index in [9.17, 15) is 9.59 Å². The van der Waals surface area contributed by atoms with Crippen molar-refractivity contribution < 1.29 is 9.59 Å². The fourth-order valence-corrected chi connectivity index (χ4v) is 4.25. The van der Waals surface area contributed by atoms with Crippen LogP contribution in [0.3, 0.4) is 0 Å². The number of carbonyl (C=O) groups excluding carboxylic acids is 2. The minimum absolute atomic E-state index is 0.0842. The topological polar surface area (TPSA) is 46.2 Å². The van der Waals surface area contributed by atoms with Gasteiger partial charge in [0, 0.05) is 18.0 Å². The number of nitrogens with one attached hydrogen (secondary N) is 1. The van der Waals surface area contributed by atoms with Gasteiger partial charge in [0.2, 0.25) is 5.78 Å². The highest BCUT2D eigenvalue weighted by Gasteiger charge is 2.47. The molecule has 1 aliphatic heterocycles. The van der Waals surface area contributed by atoms with Gasteiger partial charge < -0.3 is 5.32 Å². The monoisotopic (exact) mass is 299 g/mol. The third kappa shape index (κ3) is 2.52. The first-order valence-corrected chi connectivity index (χ1v) is 8.20. The predicted molar refractivity (Wildman–Crippen MR) is 87.3 cm³/mol. The smallest absolute Gasteiger partial charge is 0.200 e. The number of hydrogen-bond acceptors (Lipinski definition) is 3. The summed E-state index contributed by atoms with van der Waals surface area (Å²) in [5, 5.41) is 3.43. The van der Waals surface area contributed by atoms with Gasteiger partial charge in [-0.1, -0.05) is 12.1 Å². The average Bonchev–Trinajstić information content (AvgIpc) is 3.23. The summed E-state index contributed by atoms with van der Waals surface area (Å²) in [6, 6.07) is 4.57. The van der Waals surface area contributed by atoms with Gasteiger partial charge >= 0.3 is 0 Å². The number of aldehydes is 1. The van der Waals surface area contributed by atoms with Gasteiger partial charge in [0.05, 0.1) is 5.92 Å². The van der Waals surface area contributed by atoms with E-state index in [-0.39, 0.29) is 23.2 Å². The zero-order valence-corrected chi connectivity index (χ0v) is 13.9. The number of ketones is 1. The van der Waals surface area contributed by atoms with Crippen molar-refractivity contribution in [3.8, 4) is 0 Å². The highest BCUT2D eigenvalue weighted by molar-refractivity contribution is 6.26. The Labute approximate surface area is 132 Å². The maximum absolute atomic E-state index is 12.2. The van der Waals surface area contributed by atoms with Crippen LogP contribution < -0.4 is 5.32 Å². The van der Waals surface area contributed by atoms with Crippen LogP contribution in [0.2, 0.25) is 0 Å². The molecule has 1 aliphatic carbocycles. The Hall–Kier alpha value is -1.48. The lowest BCUT2D eigenvalue weighted by Crippen LogP contribution is -2.42. The Morgan fingerprint density at radius 3 is 2.32 bits per heavy atom. The summed E-state index contributed by atoms with van der Waals surface area (Å²) in [5.74, 6) is 0.247. The van der Waals surface area contributed by atoms with Crippen LogP contribution in [0.5, 0.6) is 0 Å². The number of rotatable bonds is 4. The molecular weight excluding hydrogens is 274 g/mol. The molecule has 0 amide bonds. The summed E-state index contributed by atoms with van der Waals surface area (Å²) in [5.41, 5.74) is 4.87. The van der Waals surface area contributed by atoms with Gasteiger partial charge in [-0.05, 0) is 68.7 Å². The van der Waals surface area contributed by atoms with Gasteiger partial charge in [-0.2, -0.15) is 0 Å².